The van der Waals surface area contributed by atoms with Gasteiger partial charge in [0.25, 0.3) is 0 Å². The highest BCUT2D eigenvalue weighted by Gasteiger charge is 2.14. The van der Waals surface area contributed by atoms with E-state index in [1.807, 2.05) is 0 Å². The van der Waals surface area contributed by atoms with Crippen LogP contribution in [0.2, 0.25) is 0 Å². The van der Waals surface area contributed by atoms with Gasteiger partial charge in [-0.1, -0.05) is 18.2 Å². The third kappa shape index (κ3) is 5.47. The minimum absolute atomic E-state index is 0.0274. The zero-order chi connectivity index (χ0) is 18.4. The molecule has 0 aliphatic carbocycles. The van der Waals surface area contributed by atoms with Crippen molar-refractivity contribution in [1.29, 1.82) is 0 Å². The molecule has 1 heterocycles. The number of carbonyl (C=O) groups excluding carboxylic acids is 2. The Labute approximate surface area is 146 Å². The van der Waals surface area contributed by atoms with E-state index >= 15 is 0 Å². The van der Waals surface area contributed by atoms with Crippen molar-refractivity contribution in [3.05, 3.63) is 53.7 Å². The summed E-state index contributed by atoms with van der Waals surface area (Å²) in [6, 6.07) is 10.9. The molecule has 1 aromatic carbocycles. The number of sulfonamides is 1. The Hall–Kier alpha value is -2.58. The minimum atomic E-state index is -3.73. The third-order valence-electron chi connectivity index (χ3n) is 3.37. The Kier molecular flexibility index (Phi) is 6.00. The molecule has 7 nitrogen and oxygen atoms in total. The first-order chi connectivity index (χ1) is 11.8. The van der Waals surface area contributed by atoms with Crippen molar-refractivity contribution in [3.8, 4) is 0 Å². The number of ketones is 1. The number of anilines is 1. The lowest BCUT2D eigenvalue weighted by molar-refractivity contribution is -0.116. The van der Waals surface area contributed by atoms with Crippen LogP contribution in [0.4, 0.5) is 5.82 Å². The summed E-state index contributed by atoms with van der Waals surface area (Å²) < 4.78 is 26.7. The van der Waals surface area contributed by atoms with Crippen molar-refractivity contribution in [1.82, 2.24) is 9.71 Å². The van der Waals surface area contributed by atoms with Gasteiger partial charge in [0.2, 0.25) is 15.9 Å². The zero-order valence-electron chi connectivity index (χ0n) is 13.9. The number of aromatic nitrogens is 1. The first-order valence-electron chi connectivity index (χ1n) is 7.62. The Bertz CT molecular complexity index is 877. The number of hydrogen-bond donors (Lipinski definition) is 2. The van der Waals surface area contributed by atoms with Crippen LogP contribution in [0.3, 0.4) is 0 Å². The van der Waals surface area contributed by atoms with E-state index in [0.29, 0.717) is 11.4 Å². The fraction of sp³-hybridized carbons (Fsp3) is 0.235. The van der Waals surface area contributed by atoms with Crippen LogP contribution in [-0.4, -0.2) is 31.6 Å². The van der Waals surface area contributed by atoms with Crippen LogP contribution in [0, 0.1) is 6.92 Å². The van der Waals surface area contributed by atoms with E-state index in [0.717, 1.165) is 5.69 Å². The van der Waals surface area contributed by atoms with Gasteiger partial charge < -0.3 is 5.32 Å². The Morgan fingerprint density at radius 2 is 1.76 bits per heavy atom. The van der Waals surface area contributed by atoms with E-state index in [-0.39, 0.29) is 29.6 Å². The Morgan fingerprint density at radius 1 is 1.08 bits per heavy atom. The summed E-state index contributed by atoms with van der Waals surface area (Å²) in [5.74, 6) is -0.0567. The maximum atomic E-state index is 12.2. The molecule has 25 heavy (non-hydrogen) atoms. The highest BCUT2D eigenvalue weighted by molar-refractivity contribution is 7.89. The normalized spacial score (nSPS) is 11.1. The van der Waals surface area contributed by atoms with Gasteiger partial charge in [0.1, 0.15) is 5.82 Å². The monoisotopic (exact) mass is 361 g/mol. The van der Waals surface area contributed by atoms with Gasteiger partial charge in [-0.05, 0) is 38.1 Å². The number of hydrogen-bond acceptors (Lipinski definition) is 5. The number of pyridine rings is 1. The second-order valence-corrected chi connectivity index (χ2v) is 7.21. The standard InChI is InChI=1S/C17H19N3O4S/c1-12-4-3-5-16(19-12)20-17(22)10-11-18-25(23,24)15-8-6-14(7-9-15)13(2)21/h3-9,18H,10-11H2,1-2H3,(H,19,20,22). The van der Waals surface area contributed by atoms with E-state index in [1.54, 1.807) is 25.1 Å². The van der Waals surface area contributed by atoms with Gasteiger partial charge in [0, 0.05) is 24.2 Å². The summed E-state index contributed by atoms with van der Waals surface area (Å²) in [4.78, 5) is 27.2. The van der Waals surface area contributed by atoms with Crippen LogP contribution in [0.5, 0.6) is 0 Å². The highest BCUT2D eigenvalue weighted by atomic mass is 32.2. The lowest BCUT2D eigenvalue weighted by Gasteiger charge is -2.08. The van der Waals surface area contributed by atoms with E-state index < -0.39 is 10.0 Å². The number of benzene rings is 1. The largest absolute Gasteiger partial charge is 0.311 e. The maximum absolute atomic E-state index is 12.2. The average Bonchev–Trinajstić information content (AvgIpc) is 2.54. The van der Waals surface area contributed by atoms with Crippen molar-refractivity contribution >= 4 is 27.5 Å². The Morgan fingerprint density at radius 3 is 2.36 bits per heavy atom. The van der Waals surface area contributed by atoms with E-state index in [9.17, 15) is 18.0 Å². The molecule has 0 bridgehead atoms. The number of aryl methyl sites for hydroxylation is 1. The van der Waals surface area contributed by atoms with Crippen molar-refractivity contribution in [2.45, 2.75) is 25.2 Å². The molecule has 0 aliphatic rings. The fourth-order valence-electron chi connectivity index (χ4n) is 2.07. The third-order valence-corrected chi connectivity index (χ3v) is 4.85. The number of rotatable bonds is 7. The van der Waals surface area contributed by atoms with Crippen molar-refractivity contribution in [3.63, 3.8) is 0 Å². The average molecular weight is 361 g/mol. The van der Waals surface area contributed by atoms with Gasteiger partial charge in [-0.15, -0.1) is 0 Å². The number of nitrogens with one attached hydrogen (secondary N) is 2. The summed E-state index contributed by atoms with van der Waals surface area (Å²) in [5, 5.41) is 2.61. The topological polar surface area (TPSA) is 105 Å². The molecule has 0 radical (unpaired) electrons. The molecule has 0 unspecified atom stereocenters. The first kappa shape index (κ1) is 18.8. The number of amides is 1. The fourth-order valence-corrected chi connectivity index (χ4v) is 3.10. The van der Waals surface area contributed by atoms with Crippen LogP contribution in [-0.2, 0) is 14.8 Å². The predicted molar refractivity (Wildman–Crippen MR) is 93.9 cm³/mol. The Balaban J connectivity index is 1.89. The van der Waals surface area contributed by atoms with Gasteiger partial charge in [-0.25, -0.2) is 18.1 Å². The molecule has 1 aromatic heterocycles. The second kappa shape index (κ2) is 8.00. The summed E-state index contributed by atoms with van der Waals surface area (Å²) in [6.07, 6.45) is -0.0274. The molecular weight excluding hydrogens is 342 g/mol. The second-order valence-electron chi connectivity index (χ2n) is 5.44. The molecular formula is C17H19N3O4S. The SMILES string of the molecule is CC(=O)c1ccc(S(=O)(=O)NCCC(=O)Nc2cccc(C)n2)cc1. The highest BCUT2D eigenvalue weighted by Crippen LogP contribution is 2.11. The molecule has 2 rings (SSSR count). The predicted octanol–water partition coefficient (Wildman–Crippen LogP) is 1.90. The molecule has 0 aliphatic heterocycles. The molecule has 0 atom stereocenters. The van der Waals surface area contributed by atoms with Crippen molar-refractivity contribution in [2.75, 3.05) is 11.9 Å². The maximum Gasteiger partial charge on any atom is 0.240 e. The first-order valence-corrected chi connectivity index (χ1v) is 9.10. The van der Waals surface area contributed by atoms with Crippen LogP contribution in [0.25, 0.3) is 0 Å². The molecule has 2 aromatic rings. The molecule has 0 spiro atoms. The molecule has 0 saturated carbocycles. The molecule has 1 amide bonds. The minimum Gasteiger partial charge on any atom is -0.311 e. The zero-order valence-corrected chi connectivity index (χ0v) is 14.8. The summed E-state index contributed by atoms with van der Waals surface area (Å²) in [6.45, 7) is 3.17. The number of nitrogens with zero attached hydrogens (tertiary/aromatic N) is 1. The van der Waals surface area contributed by atoms with E-state index in [4.69, 9.17) is 0 Å². The lowest BCUT2D eigenvalue weighted by Crippen LogP contribution is -2.28. The van der Waals surface area contributed by atoms with Gasteiger partial charge in [0.05, 0.1) is 4.90 Å². The molecule has 0 fully saturated rings. The summed E-state index contributed by atoms with van der Waals surface area (Å²) in [7, 11) is -3.73. The number of carbonyl (C=O) groups is 2. The molecule has 0 saturated heterocycles. The number of Topliss-reactive ketones (excluding diaryl/α,β-unsaturated/α-hetero) is 1. The van der Waals surface area contributed by atoms with Crippen LogP contribution in [0.15, 0.2) is 47.4 Å². The van der Waals surface area contributed by atoms with E-state index in [1.165, 1.54) is 31.2 Å². The van der Waals surface area contributed by atoms with Gasteiger partial charge in [-0.3, -0.25) is 9.59 Å². The molecule has 132 valence electrons. The van der Waals surface area contributed by atoms with Crippen LogP contribution >= 0.6 is 0 Å². The summed E-state index contributed by atoms with van der Waals surface area (Å²) in [5.41, 5.74) is 1.21. The molecule has 8 heteroatoms. The van der Waals surface area contributed by atoms with Gasteiger partial charge >= 0.3 is 0 Å². The van der Waals surface area contributed by atoms with Gasteiger partial charge in [0.15, 0.2) is 5.78 Å². The molecule has 2 N–H and O–H groups in total. The lowest BCUT2D eigenvalue weighted by atomic mass is 10.2. The smallest absolute Gasteiger partial charge is 0.240 e. The van der Waals surface area contributed by atoms with E-state index in [2.05, 4.69) is 15.0 Å². The van der Waals surface area contributed by atoms with Crippen LogP contribution < -0.4 is 10.0 Å². The van der Waals surface area contributed by atoms with Crippen LogP contribution in [0.1, 0.15) is 29.4 Å². The van der Waals surface area contributed by atoms with Crippen molar-refractivity contribution < 1.29 is 18.0 Å². The van der Waals surface area contributed by atoms with Gasteiger partial charge in [-0.2, -0.15) is 0 Å². The summed E-state index contributed by atoms with van der Waals surface area (Å²) >= 11 is 0. The van der Waals surface area contributed by atoms with Crippen molar-refractivity contribution in [2.24, 2.45) is 0 Å². The quantitative estimate of drug-likeness (QED) is 0.733.